The topological polar surface area (TPSA) is 110 Å². The predicted molar refractivity (Wildman–Crippen MR) is 32.3 cm³/mol. The van der Waals surface area contributed by atoms with E-state index < -0.39 is 12.3 Å². The lowest BCUT2D eigenvalue weighted by molar-refractivity contribution is -0.0413. The highest BCUT2D eigenvalue weighted by Gasteiger charge is 1.83. The second-order valence-corrected chi connectivity index (χ2v) is 1.29. The van der Waals surface area contributed by atoms with Crippen molar-refractivity contribution in [3.8, 4) is 0 Å². The highest BCUT2D eigenvalue weighted by Crippen LogP contribution is 1.77. The van der Waals surface area contributed by atoms with Crippen molar-refractivity contribution in [3.63, 3.8) is 0 Å². The van der Waals surface area contributed by atoms with E-state index in [0.29, 0.717) is 6.42 Å². The van der Waals surface area contributed by atoms with Crippen molar-refractivity contribution >= 4 is 6.03 Å². The number of carbonyl (C=O) groups is 1. The summed E-state index contributed by atoms with van der Waals surface area (Å²) in [5.41, 5.74) is 8.50. The Labute approximate surface area is 53.3 Å². The van der Waals surface area contributed by atoms with E-state index in [-0.39, 0.29) is 0 Å². The first-order chi connectivity index (χ1) is 4.00. The second kappa shape index (κ2) is 7.19. The third-order valence-corrected chi connectivity index (χ3v) is 0.365. The Morgan fingerprint density at radius 1 is 1.56 bits per heavy atom. The maximum Gasteiger partial charge on any atom is 0.309 e. The van der Waals surface area contributed by atoms with Crippen molar-refractivity contribution in [2.75, 3.05) is 0 Å². The summed E-state index contributed by atoms with van der Waals surface area (Å²) in [4.78, 5) is 9.00. The zero-order valence-corrected chi connectivity index (χ0v) is 5.24. The largest absolute Gasteiger partial charge is 0.368 e. The molecule has 9 heavy (non-hydrogen) atoms. The molecule has 0 bridgehead atoms. The standard InChI is InChI=1S/C3H8O2.CH4N2O/c1-2-3(4)5;2-1(3)4/h3-5H,2H2,1H3;(H4,2,3,4). The minimum atomic E-state index is -1.12. The zero-order chi connectivity index (χ0) is 7.86. The van der Waals surface area contributed by atoms with Crippen LogP contribution in [0.4, 0.5) is 4.79 Å². The van der Waals surface area contributed by atoms with Crippen LogP contribution in [0.25, 0.3) is 0 Å². The summed E-state index contributed by atoms with van der Waals surface area (Å²) in [6.45, 7) is 1.70. The lowest BCUT2D eigenvalue weighted by atomic mass is 10.5. The third-order valence-electron chi connectivity index (χ3n) is 0.365. The van der Waals surface area contributed by atoms with Crippen molar-refractivity contribution < 1.29 is 15.0 Å². The Morgan fingerprint density at radius 3 is 1.67 bits per heavy atom. The van der Waals surface area contributed by atoms with Gasteiger partial charge >= 0.3 is 6.03 Å². The smallest absolute Gasteiger partial charge is 0.309 e. The van der Waals surface area contributed by atoms with Crippen LogP contribution < -0.4 is 11.5 Å². The van der Waals surface area contributed by atoms with Crippen molar-refractivity contribution in [2.45, 2.75) is 19.6 Å². The number of hydrogen-bond donors (Lipinski definition) is 4. The van der Waals surface area contributed by atoms with Crippen LogP contribution in [0, 0.1) is 0 Å². The first kappa shape index (κ1) is 11.0. The van der Waals surface area contributed by atoms with Crippen LogP contribution in [0.5, 0.6) is 0 Å². The quantitative estimate of drug-likeness (QED) is 0.337. The predicted octanol–water partition coefficient (Wildman–Crippen LogP) is -1.27. The molecule has 0 saturated carbocycles. The SMILES string of the molecule is CCC(O)O.NC(N)=O. The van der Waals surface area contributed by atoms with Gasteiger partial charge in [-0.3, -0.25) is 0 Å². The minimum Gasteiger partial charge on any atom is -0.368 e. The van der Waals surface area contributed by atoms with Gasteiger partial charge in [-0.1, -0.05) is 6.92 Å². The van der Waals surface area contributed by atoms with Gasteiger partial charge in [0.25, 0.3) is 0 Å². The Balaban J connectivity index is 0. The van der Waals surface area contributed by atoms with Gasteiger partial charge in [0, 0.05) is 0 Å². The zero-order valence-electron chi connectivity index (χ0n) is 5.24. The summed E-state index contributed by atoms with van der Waals surface area (Å²) in [5, 5.41) is 15.8. The average Bonchev–Trinajstić information content (AvgIpc) is 1.65. The first-order valence-corrected chi connectivity index (χ1v) is 2.41. The molecule has 2 amide bonds. The lowest BCUT2D eigenvalue weighted by Gasteiger charge is -1.90. The van der Waals surface area contributed by atoms with E-state index in [9.17, 15) is 0 Å². The molecule has 0 heterocycles. The summed E-state index contributed by atoms with van der Waals surface area (Å²) in [5.74, 6) is 0. The molecule has 0 aliphatic carbocycles. The van der Waals surface area contributed by atoms with Crippen LogP contribution in [0.3, 0.4) is 0 Å². The Bertz CT molecular complexity index is 70.2. The van der Waals surface area contributed by atoms with Crippen molar-refractivity contribution in [3.05, 3.63) is 0 Å². The Kier molecular flexibility index (Phi) is 8.83. The van der Waals surface area contributed by atoms with Crippen LogP contribution in [-0.2, 0) is 0 Å². The summed E-state index contributed by atoms with van der Waals surface area (Å²) in [6, 6.07) is -0.833. The number of aliphatic hydroxyl groups is 2. The van der Waals surface area contributed by atoms with Crippen molar-refractivity contribution in [1.29, 1.82) is 0 Å². The first-order valence-electron chi connectivity index (χ1n) is 2.41. The van der Waals surface area contributed by atoms with E-state index in [2.05, 4.69) is 11.5 Å². The second-order valence-electron chi connectivity index (χ2n) is 1.29. The number of aliphatic hydroxyl groups excluding tert-OH is 1. The fourth-order valence-corrected chi connectivity index (χ4v) is 0. The van der Waals surface area contributed by atoms with Crippen LogP contribution in [0.15, 0.2) is 0 Å². The molecule has 5 heteroatoms. The summed E-state index contributed by atoms with van der Waals surface area (Å²) in [7, 11) is 0. The van der Waals surface area contributed by atoms with Crippen LogP contribution in [-0.4, -0.2) is 22.5 Å². The van der Waals surface area contributed by atoms with Gasteiger partial charge in [0.2, 0.25) is 0 Å². The number of urea groups is 1. The van der Waals surface area contributed by atoms with Crippen LogP contribution in [0.2, 0.25) is 0 Å². The maximum absolute atomic E-state index is 9.00. The molecule has 56 valence electrons. The van der Waals surface area contributed by atoms with E-state index in [1.165, 1.54) is 0 Å². The molecule has 0 aromatic rings. The van der Waals surface area contributed by atoms with Gasteiger partial charge in [0.15, 0.2) is 6.29 Å². The number of rotatable bonds is 1. The molecule has 0 saturated heterocycles. The number of carbonyl (C=O) groups excluding carboxylic acids is 1. The molecule has 5 nitrogen and oxygen atoms in total. The monoisotopic (exact) mass is 136 g/mol. The van der Waals surface area contributed by atoms with E-state index in [1.54, 1.807) is 6.92 Å². The van der Waals surface area contributed by atoms with Gasteiger partial charge in [-0.15, -0.1) is 0 Å². The highest BCUT2D eigenvalue weighted by molar-refractivity contribution is 5.69. The molecular formula is C4H12N2O3. The van der Waals surface area contributed by atoms with Gasteiger partial charge in [0.05, 0.1) is 0 Å². The summed E-state index contributed by atoms with van der Waals surface area (Å²) >= 11 is 0. The fourth-order valence-electron chi connectivity index (χ4n) is 0. The van der Waals surface area contributed by atoms with Crippen LogP contribution >= 0.6 is 0 Å². The van der Waals surface area contributed by atoms with Gasteiger partial charge in [-0.25, -0.2) is 4.79 Å². The summed E-state index contributed by atoms with van der Waals surface area (Å²) in [6.07, 6.45) is -0.699. The molecule has 0 aliphatic heterocycles. The van der Waals surface area contributed by atoms with Crippen LogP contribution in [0.1, 0.15) is 13.3 Å². The molecular weight excluding hydrogens is 124 g/mol. The number of amides is 2. The molecule has 0 radical (unpaired) electrons. The number of nitrogens with two attached hydrogens (primary N) is 2. The van der Waals surface area contributed by atoms with E-state index in [4.69, 9.17) is 15.0 Å². The molecule has 0 aromatic carbocycles. The molecule has 0 aliphatic rings. The van der Waals surface area contributed by atoms with Crippen molar-refractivity contribution in [1.82, 2.24) is 0 Å². The Morgan fingerprint density at radius 2 is 1.67 bits per heavy atom. The molecule has 0 rings (SSSR count). The average molecular weight is 136 g/mol. The van der Waals surface area contributed by atoms with E-state index in [1.807, 2.05) is 0 Å². The van der Waals surface area contributed by atoms with Gasteiger partial charge in [-0.05, 0) is 6.42 Å². The molecule has 0 fully saturated rings. The number of hydrogen-bond acceptors (Lipinski definition) is 3. The molecule has 0 atom stereocenters. The molecule has 0 spiro atoms. The highest BCUT2D eigenvalue weighted by atomic mass is 16.5. The molecule has 6 N–H and O–H groups in total. The molecule has 0 unspecified atom stereocenters. The molecule has 0 aromatic heterocycles. The minimum absolute atomic E-state index is 0.417. The Hall–Kier alpha value is -0.810. The fraction of sp³-hybridized carbons (Fsp3) is 0.750. The van der Waals surface area contributed by atoms with E-state index in [0.717, 1.165) is 0 Å². The lowest BCUT2D eigenvalue weighted by Crippen LogP contribution is -2.18. The summed E-state index contributed by atoms with van der Waals surface area (Å²) < 4.78 is 0. The van der Waals surface area contributed by atoms with E-state index >= 15 is 0 Å². The van der Waals surface area contributed by atoms with Gasteiger partial charge < -0.3 is 21.7 Å². The number of primary amides is 2. The van der Waals surface area contributed by atoms with Crippen molar-refractivity contribution in [2.24, 2.45) is 11.5 Å². The normalized spacial score (nSPS) is 8.00. The van der Waals surface area contributed by atoms with Gasteiger partial charge in [0.1, 0.15) is 0 Å². The van der Waals surface area contributed by atoms with Gasteiger partial charge in [-0.2, -0.15) is 0 Å². The maximum atomic E-state index is 9.00. The third kappa shape index (κ3) is 137.